The van der Waals surface area contributed by atoms with E-state index in [0.717, 1.165) is 30.7 Å². The zero-order valence-electron chi connectivity index (χ0n) is 20.8. The second-order valence-electron chi connectivity index (χ2n) is 9.10. The summed E-state index contributed by atoms with van der Waals surface area (Å²) < 4.78 is 41.3. The van der Waals surface area contributed by atoms with E-state index in [9.17, 15) is 18.8 Å². The highest BCUT2D eigenvalue weighted by Gasteiger charge is 2.22. The second kappa shape index (κ2) is 11.2. The third kappa shape index (κ3) is 5.19. The third-order valence-electron chi connectivity index (χ3n) is 6.39. The summed E-state index contributed by atoms with van der Waals surface area (Å²) in [7, 11) is 3.01. The number of carbonyl (C=O) groups excluding carboxylic acids is 1. The van der Waals surface area contributed by atoms with Crippen molar-refractivity contribution >= 4 is 35.1 Å². The number of hydrogen-bond donors (Lipinski definition) is 1. The topological polar surface area (TPSA) is 91.4 Å². The molecule has 0 radical (unpaired) electrons. The molecule has 38 heavy (non-hydrogen) atoms. The van der Waals surface area contributed by atoms with Crippen molar-refractivity contribution in [3.8, 4) is 28.5 Å². The van der Waals surface area contributed by atoms with Crippen LogP contribution in [0.25, 0.3) is 33.6 Å². The first-order chi connectivity index (χ1) is 17.9. The fourth-order valence-electron chi connectivity index (χ4n) is 4.47. The lowest BCUT2D eigenvalue weighted by molar-refractivity contribution is 0.0826. The number of amides is 1. The van der Waals surface area contributed by atoms with Gasteiger partial charge in [0.05, 0.1) is 16.8 Å². The van der Waals surface area contributed by atoms with Gasteiger partial charge in [0.2, 0.25) is 0 Å². The maximum atomic E-state index is 15.0. The smallest absolute Gasteiger partial charge is 0.253 e. The highest BCUT2D eigenvalue weighted by molar-refractivity contribution is 5.95. The Morgan fingerprint density at radius 2 is 1.82 bits per heavy atom. The van der Waals surface area contributed by atoms with Gasteiger partial charge in [-0.25, -0.2) is 8.78 Å². The lowest BCUT2D eigenvalue weighted by Crippen LogP contribution is -2.28. The number of ether oxygens (including phenoxy) is 1. The zero-order valence-corrected chi connectivity index (χ0v) is 21.6. The Bertz CT molecular complexity index is 1520. The standard InChI is InChI=1S/C28H24F2N4O3.ClH/c1-34(2)28(35)17-12-21(29)26(22(30)13-17)25-14-24-27(37-25)20(5-8-32-24)16-3-4-23(18(11-16)15-31)33-19-6-9-36-10-7-19;/h3-5,8,11-14,19,33H,6-7,9-10H2,1-2H3;1H. The molecule has 4 aromatic rings. The largest absolute Gasteiger partial charge is 0.453 e. The van der Waals surface area contributed by atoms with Gasteiger partial charge in [-0.05, 0) is 48.7 Å². The summed E-state index contributed by atoms with van der Waals surface area (Å²) in [5.41, 5.74) is 2.80. The van der Waals surface area contributed by atoms with Crippen LogP contribution in [-0.2, 0) is 4.74 Å². The number of carbonyl (C=O) groups is 1. The Morgan fingerprint density at radius 3 is 2.47 bits per heavy atom. The molecule has 7 nitrogen and oxygen atoms in total. The molecule has 10 heteroatoms. The summed E-state index contributed by atoms with van der Waals surface area (Å²) in [5, 5.41) is 13.2. The number of hydrogen-bond acceptors (Lipinski definition) is 6. The quantitative estimate of drug-likeness (QED) is 0.334. The van der Waals surface area contributed by atoms with Crippen LogP contribution >= 0.6 is 12.4 Å². The van der Waals surface area contributed by atoms with Crippen LogP contribution in [0.4, 0.5) is 14.5 Å². The first kappa shape index (κ1) is 27.0. The van der Waals surface area contributed by atoms with Gasteiger partial charge in [0.15, 0.2) is 5.58 Å². The van der Waals surface area contributed by atoms with Crippen LogP contribution in [-0.4, -0.2) is 49.1 Å². The monoisotopic (exact) mass is 538 g/mol. The summed E-state index contributed by atoms with van der Waals surface area (Å²) in [6.07, 6.45) is 3.30. The molecule has 2 aromatic heterocycles. The lowest BCUT2D eigenvalue weighted by Gasteiger charge is -2.24. The molecular formula is C28H25ClF2N4O3. The minimum Gasteiger partial charge on any atom is -0.453 e. The number of fused-ring (bicyclic) bond motifs is 1. The molecule has 0 bridgehead atoms. The minimum atomic E-state index is -0.916. The van der Waals surface area contributed by atoms with Crippen LogP contribution in [0.3, 0.4) is 0 Å². The number of benzene rings is 2. The summed E-state index contributed by atoms with van der Waals surface area (Å²) in [6.45, 7) is 1.37. The van der Waals surface area contributed by atoms with Crippen LogP contribution in [0.5, 0.6) is 0 Å². The van der Waals surface area contributed by atoms with Crippen molar-refractivity contribution in [2.24, 2.45) is 0 Å². The molecule has 1 fully saturated rings. The minimum absolute atomic E-state index is 0. The average molecular weight is 539 g/mol. The van der Waals surface area contributed by atoms with Gasteiger partial charge in [0.25, 0.3) is 5.91 Å². The predicted octanol–water partition coefficient (Wildman–Crippen LogP) is 6.03. The molecule has 1 aliphatic rings. The second-order valence-corrected chi connectivity index (χ2v) is 9.10. The van der Waals surface area contributed by atoms with Gasteiger partial charge >= 0.3 is 0 Å². The van der Waals surface area contributed by atoms with Gasteiger partial charge in [-0.15, -0.1) is 12.4 Å². The van der Waals surface area contributed by atoms with Gasteiger partial charge in [-0.2, -0.15) is 5.26 Å². The Morgan fingerprint density at radius 1 is 1.11 bits per heavy atom. The first-order valence-corrected chi connectivity index (χ1v) is 11.8. The Balaban J connectivity index is 0.00000336. The van der Waals surface area contributed by atoms with Crippen LogP contribution in [0, 0.1) is 23.0 Å². The SMILES string of the molecule is CN(C)C(=O)c1cc(F)c(-c2cc3nccc(-c4ccc(NC5CCOCC5)c(C#N)c4)c3o2)c(F)c1.Cl. The summed E-state index contributed by atoms with van der Waals surface area (Å²) in [5.74, 6) is -2.39. The van der Waals surface area contributed by atoms with E-state index >= 15 is 0 Å². The number of nitrogens with zero attached hydrogens (tertiary/aromatic N) is 3. The maximum absolute atomic E-state index is 15.0. The van der Waals surface area contributed by atoms with E-state index < -0.39 is 17.5 Å². The fourth-order valence-corrected chi connectivity index (χ4v) is 4.47. The Kier molecular flexibility index (Phi) is 7.95. The van der Waals surface area contributed by atoms with Crippen LogP contribution < -0.4 is 5.32 Å². The number of furan rings is 1. The Hall–Kier alpha value is -4.00. The van der Waals surface area contributed by atoms with E-state index in [0.29, 0.717) is 41.0 Å². The van der Waals surface area contributed by atoms with E-state index in [1.54, 1.807) is 18.3 Å². The number of rotatable bonds is 5. The molecule has 1 aliphatic heterocycles. The molecule has 3 heterocycles. The number of pyridine rings is 1. The van der Waals surface area contributed by atoms with E-state index in [4.69, 9.17) is 9.15 Å². The average Bonchev–Trinajstić information content (AvgIpc) is 3.32. The molecule has 1 amide bonds. The summed E-state index contributed by atoms with van der Waals surface area (Å²) >= 11 is 0. The van der Waals surface area contributed by atoms with Crippen molar-refractivity contribution in [2.75, 3.05) is 32.6 Å². The fraction of sp³-hybridized carbons (Fsp3) is 0.250. The summed E-state index contributed by atoms with van der Waals surface area (Å²) in [4.78, 5) is 17.7. The van der Waals surface area contributed by atoms with Gasteiger partial charge in [-0.1, -0.05) is 6.07 Å². The highest BCUT2D eigenvalue weighted by Crippen LogP contribution is 2.37. The van der Waals surface area contributed by atoms with Gasteiger partial charge in [-0.3, -0.25) is 9.78 Å². The van der Waals surface area contributed by atoms with Crippen molar-refractivity contribution in [1.82, 2.24) is 9.88 Å². The molecular weight excluding hydrogens is 514 g/mol. The van der Waals surface area contributed by atoms with E-state index in [1.807, 2.05) is 12.1 Å². The first-order valence-electron chi connectivity index (χ1n) is 11.8. The number of nitrogens with one attached hydrogen (secondary N) is 1. The van der Waals surface area contributed by atoms with Crippen molar-refractivity contribution < 1.29 is 22.7 Å². The maximum Gasteiger partial charge on any atom is 0.253 e. The van der Waals surface area contributed by atoms with Crippen molar-refractivity contribution in [3.63, 3.8) is 0 Å². The molecule has 0 unspecified atom stereocenters. The number of nitriles is 1. The molecule has 0 spiro atoms. The third-order valence-corrected chi connectivity index (χ3v) is 6.39. The lowest BCUT2D eigenvalue weighted by atomic mass is 10.0. The number of aromatic nitrogens is 1. The zero-order chi connectivity index (χ0) is 26.1. The van der Waals surface area contributed by atoms with Crippen molar-refractivity contribution in [3.05, 3.63) is 71.4 Å². The van der Waals surface area contributed by atoms with Crippen LogP contribution in [0.1, 0.15) is 28.8 Å². The van der Waals surface area contributed by atoms with Gasteiger partial charge in [0, 0.05) is 56.7 Å². The molecule has 1 N–H and O–H groups in total. The molecule has 196 valence electrons. The molecule has 0 atom stereocenters. The van der Waals surface area contributed by atoms with Crippen molar-refractivity contribution in [1.29, 1.82) is 5.26 Å². The molecule has 5 rings (SSSR count). The molecule has 1 saturated heterocycles. The molecule has 2 aromatic carbocycles. The number of halogens is 3. The van der Waals surface area contributed by atoms with Crippen LogP contribution in [0.2, 0.25) is 0 Å². The number of anilines is 1. The van der Waals surface area contributed by atoms with Gasteiger partial charge < -0.3 is 19.4 Å². The van der Waals surface area contributed by atoms with Crippen LogP contribution in [0.15, 0.2) is 53.1 Å². The summed E-state index contributed by atoms with van der Waals surface area (Å²) in [6, 6.07) is 13.1. The van der Waals surface area contributed by atoms with Crippen molar-refractivity contribution in [2.45, 2.75) is 18.9 Å². The van der Waals surface area contributed by atoms with E-state index in [2.05, 4.69) is 16.4 Å². The normalized spacial score (nSPS) is 13.6. The van der Waals surface area contributed by atoms with Gasteiger partial charge in [0.1, 0.15) is 29.0 Å². The highest BCUT2D eigenvalue weighted by atomic mass is 35.5. The van der Waals surface area contributed by atoms with E-state index in [-0.39, 0.29) is 35.3 Å². The predicted molar refractivity (Wildman–Crippen MR) is 142 cm³/mol. The Labute approximate surface area is 224 Å². The molecule has 0 aliphatic carbocycles. The molecule has 0 saturated carbocycles. The van der Waals surface area contributed by atoms with E-state index in [1.165, 1.54) is 25.1 Å².